The molecular weight excluding hydrogens is 312 g/mol. The second-order valence-electron chi connectivity index (χ2n) is 4.94. The van der Waals surface area contributed by atoms with Crippen molar-refractivity contribution < 1.29 is 32.6 Å². The minimum atomic E-state index is -3.01. The summed E-state index contributed by atoms with van der Waals surface area (Å²) in [6, 6.07) is 5.75. The zero-order valence-electron chi connectivity index (χ0n) is 12.5. The Bertz CT molecular complexity index is 561. The van der Waals surface area contributed by atoms with Crippen molar-refractivity contribution >= 4 is 17.6 Å². The molecule has 1 N–H and O–H groups in total. The standard InChI is InChI=1S/C15H17F2NO5/c1-9(22-14(20)12-7-4-8-21-12)13(19)18-10-5-2-3-6-11(10)23-15(16)17/h2-3,5-6,9,12,15H,4,7-8H2,1H3,(H,18,19)/t9-,12-/m1/s1. The predicted molar refractivity (Wildman–Crippen MR) is 76.2 cm³/mol. The number of carbonyl (C=O) groups excluding carboxylic acids is 2. The van der Waals surface area contributed by atoms with Crippen molar-refractivity contribution in [1.82, 2.24) is 0 Å². The van der Waals surface area contributed by atoms with Gasteiger partial charge in [-0.2, -0.15) is 8.78 Å². The third-order valence-corrected chi connectivity index (χ3v) is 3.22. The van der Waals surface area contributed by atoms with Gasteiger partial charge in [0.1, 0.15) is 5.75 Å². The normalized spacial score (nSPS) is 18.5. The Balaban J connectivity index is 1.94. The fourth-order valence-corrected chi connectivity index (χ4v) is 2.07. The number of rotatable bonds is 6. The van der Waals surface area contributed by atoms with Gasteiger partial charge in [0.2, 0.25) is 0 Å². The fraction of sp³-hybridized carbons (Fsp3) is 0.467. The van der Waals surface area contributed by atoms with Gasteiger partial charge < -0.3 is 19.5 Å². The van der Waals surface area contributed by atoms with Crippen LogP contribution in [0.15, 0.2) is 24.3 Å². The molecule has 1 saturated heterocycles. The zero-order chi connectivity index (χ0) is 16.8. The van der Waals surface area contributed by atoms with Gasteiger partial charge in [0, 0.05) is 6.61 Å². The van der Waals surface area contributed by atoms with E-state index < -0.39 is 30.7 Å². The monoisotopic (exact) mass is 329 g/mol. The highest BCUT2D eigenvalue weighted by Crippen LogP contribution is 2.25. The van der Waals surface area contributed by atoms with Crippen molar-refractivity contribution in [2.24, 2.45) is 0 Å². The lowest BCUT2D eigenvalue weighted by atomic mass is 10.2. The molecule has 1 aromatic carbocycles. The number of alkyl halides is 2. The predicted octanol–water partition coefficient (Wildman–Crippen LogP) is 2.34. The molecule has 0 saturated carbocycles. The Morgan fingerprint density at radius 3 is 2.74 bits per heavy atom. The Kier molecular flexibility index (Phi) is 5.86. The van der Waals surface area contributed by atoms with Crippen LogP contribution in [0, 0.1) is 0 Å². The number of amides is 1. The average Bonchev–Trinajstić information content (AvgIpc) is 3.03. The van der Waals surface area contributed by atoms with E-state index in [2.05, 4.69) is 10.1 Å². The van der Waals surface area contributed by atoms with E-state index >= 15 is 0 Å². The van der Waals surface area contributed by atoms with Crippen LogP contribution < -0.4 is 10.1 Å². The van der Waals surface area contributed by atoms with Crippen molar-refractivity contribution in [2.75, 3.05) is 11.9 Å². The SMILES string of the molecule is C[C@@H](OC(=O)[C@H]1CCCO1)C(=O)Nc1ccccc1OC(F)F. The summed E-state index contributed by atoms with van der Waals surface area (Å²) in [7, 11) is 0. The van der Waals surface area contributed by atoms with E-state index in [4.69, 9.17) is 9.47 Å². The van der Waals surface area contributed by atoms with Crippen LogP contribution in [-0.2, 0) is 19.1 Å². The first-order valence-electron chi connectivity index (χ1n) is 7.14. The average molecular weight is 329 g/mol. The molecule has 0 aromatic heterocycles. The van der Waals surface area contributed by atoms with E-state index in [1.807, 2.05) is 0 Å². The number of halogens is 2. The Morgan fingerprint density at radius 2 is 2.09 bits per heavy atom. The zero-order valence-corrected chi connectivity index (χ0v) is 12.5. The molecule has 2 atom stereocenters. The Labute approximate surface area is 131 Å². The van der Waals surface area contributed by atoms with Gasteiger partial charge in [0.25, 0.3) is 5.91 Å². The van der Waals surface area contributed by atoms with Gasteiger partial charge >= 0.3 is 12.6 Å². The maximum atomic E-state index is 12.3. The van der Waals surface area contributed by atoms with Crippen LogP contribution in [0.4, 0.5) is 14.5 Å². The van der Waals surface area contributed by atoms with Crippen LogP contribution in [0.5, 0.6) is 5.75 Å². The number of hydrogen-bond donors (Lipinski definition) is 1. The first-order valence-corrected chi connectivity index (χ1v) is 7.14. The Morgan fingerprint density at radius 1 is 1.35 bits per heavy atom. The summed E-state index contributed by atoms with van der Waals surface area (Å²) in [6.45, 7) is -1.14. The summed E-state index contributed by atoms with van der Waals surface area (Å²) >= 11 is 0. The lowest BCUT2D eigenvalue weighted by Crippen LogP contribution is -2.34. The van der Waals surface area contributed by atoms with Gasteiger partial charge in [-0.1, -0.05) is 12.1 Å². The summed E-state index contributed by atoms with van der Waals surface area (Å²) in [5.74, 6) is -1.43. The van der Waals surface area contributed by atoms with Gasteiger partial charge in [-0.15, -0.1) is 0 Å². The molecular formula is C15H17F2NO5. The van der Waals surface area contributed by atoms with E-state index in [9.17, 15) is 18.4 Å². The smallest absolute Gasteiger partial charge is 0.387 e. The summed E-state index contributed by atoms with van der Waals surface area (Å²) < 4.78 is 39.1. The highest BCUT2D eigenvalue weighted by atomic mass is 19.3. The minimum Gasteiger partial charge on any atom is -0.451 e. The second kappa shape index (κ2) is 7.87. The maximum absolute atomic E-state index is 12.3. The molecule has 1 fully saturated rings. The number of nitrogens with one attached hydrogen (secondary N) is 1. The minimum absolute atomic E-state index is 0.0674. The van der Waals surface area contributed by atoms with Gasteiger partial charge in [0.05, 0.1) is 5.69 Å². The molecule has 126 valence electrons. The summed E-state index contributed by atoms with van der Waals surface area (Å²) in [6.07, 6.45) is -0.428. The van der Waals surface area contributed by atoms with E-state index in [1.54, 1.807) is 6.07 Å². The Hall–Kier alpha value is -2.22. The van der Waals surface area contributed by atoms with Crippen LogP contribution in [0.1, 0.15) is 19.8 Å². The number of anilines is 1. The first-order chi connectivity index (χ1) is 11.0. The van der Waals surface area contributed by atoms with E-state index in [1.165, 1.54) is 25.1 Å². The number of esters is 1. The van der Waals surface area contributed by atoms with Crippen LogP contribution >= 0.6 is 0 Å². The lowest BCUT2D eigenvalue weighted by Gasteiger charge is -2.17. The lowest BCUT2D eigenvalue weighted by molar-refractivity contribution is -0.162. The van der Waals surface area contributed by atoms with Crippen LogP contribution in [0.3, 0.4) is 0 Å². The molecule has 0 unspecified atom stereocenters. The van der Waals surface area contributed by atoms with E-state index in [-0.39, 0.29) is 11.4 Å². The van der Waals surface area contributed by atoms with Crippen molar-refractivity contribution in [3.8, 4) is 5.75 Å². The number of ether oxygens (including phenoxy) is 3. The molecule has 6 nitrogen and oxygen atoms in total. The third-order valence-electron chi connectivity index (χ3n) is 3.22. The van der Waals surface area contributed by atoms with Crippen molar-refractivity contribution in [3.05, 3.63) is 24.3 Å². The molecule has 8 heteroatoms. The fourth-order valence-electron chi connectivity index (χ4n) is 2.07. The molecule has 2 rings (SSSR count). The molecule has 23 heavy (non-hydrogen) atoms. The van der Waals surface area contributed by atoms with Gasteiger partial charge in [-0.05, 0) is 31.9 Å². The van der Waals surface area contributed by atoms with E-state index in [0.717, 1.165) is 6.42 Å². The molecule has 0 spiro atoms. The van der Waals surface area contributed by atoms with Gasteiger partial charge in [-0.3, -0.25) is 4.79 Å². The highest BCUT2D eigenvalue weighted by molar-refractivity contribution is 5.96. The second-order valence-corrected chi connectivity index (χ2v) is 4.94. The van der Waals surface area contributed by atoms with Crippen molar-refractivity contribution in [3.63, 3.8) is 0 Å². The molecule has 1 heterocycles. The third kappa shape index (κ3) is 4.88. The molecule has 0 bridgehead atoms. The molecule has 0 aliphatic carbocycles. The number of carbonyl (C=O) groups is 2. The van der Waals surface area contributed by atoms with E-state index in [0.29, 0.717) is 13.0 Å². The quantitative estimate of drug-likeness (QED) is 0.811. The van der Waals surface area contributed by atoms with Crippen LogP contribution in [0.2, 0.25) is 0 Å². The summed E-state index contributed by atoms with van der Waals surface area (Å²) in [5.41, 5.74) is 0.0674. The summed E-state index contributed by atoms with van der Waals surface area (Å²) in [4.78, 5) is 23.8. The largest absolute Gasteiger partial charge is 0.451 e. The number of benzene rings is 1. The molecule has 1 aromatic rings. The summed E-state index contributed by atoms with van der Waals surface area (Å²) in [5, 5.41) is 2.40. The number of hydrogen-bond acceptors (Lipinski definition) is 5. The van der Waals surface area contributed by atoms with Crippen molar-refractivity contribution in [1.29, 1.82) is 0 Å². The molecule has 1 amide bonds. The molecule has 1 aliphatic heterocycles. The molecule has 0 radical (unpaired) electrons. The highest BCUT2D eigenvalue weighted by Gasteiger charge is 2.28. The maximum Gasteiger partial charge on any atom is 0.387 e. The number of para-hydroxylation sites is 2. The first kappa shape index (κ1) is 17.1. The van der Waals surface area contributed by atoms with Crippen molar-refractivity contribution in [2.45, 2.75) is 38.6 Å². The molecule has 1 aliphatic rings. The topological polar surface area (TPSA) is 73.9 Å². The van der Waals surface area contributed by atoms with Gasteiger partial charge in [-0.25, -0.2) is 4.79 Å². The van der Waals surface area contributed by atoms with Crippen LogP contribution in [0.25, 0.3) is 0 Å². The van der Waals surface area contributed by atoms with Crippen LogP contribution in [-0.4, -0.2) is 37.3 Å². The van der Waals surface area contributed by atoms with Gasteiger partial charge in [0.15, 0.2) is 12.2 Å².